The Bertz CT molecular complexity index is 964. The second-order valence-corrected chi connectivity index (χ2v) is 7.68. The van der Waals surface area contributed by atoms with Gasteiger partial charge in [0, 0.05) is 44.6 Å². The van der Waals surface area contributed by atoms with Crippen LogP contribution < -0.4 is 11.1 Å². The van der Waals surface area contributed by atoms with Gasteiger partial charge in [0.05, 0.1) is 11.3 Å². The number of carbonyl (C=O) groups excluding carboxylic acids is 3. The number of nitrogens with two attached hydrogens (primary N) is 1. The molecule has 3 N–H and O–H groups in total. The molecule has 0 radical (unpaired) electrons. The van der Waals surface area contributed by atoms with Gasteiger partial charge < -0.3 is 16.0 Å². The Morgan fingerprint density at radius 2 is 1.97 bits per heavy atom. The molecule has 0 unspecified atom stereocenters. The Morgan fingerprint density at radius 3 is 2.65 bits per heavy atom. The topological polar surface area (TPSA) is 118 Å². The van der Waals surface area contributed by atoms with Crippen LogP contribution in [-0.2, 0) is 16.1 Å². The lowest BCUT2D eigenvalue weighted by Gasteiger charge is -2.32. The summed E-state index contributed by atoms with van der Waals surface area (Å²) >= 11 is 0. The highest BCUT2D eigenvalue weighted by molar-refractivity contribution is 5.94. The molecule has 1 aromatic carbocycles. The number of benzene rings is 1. The van der Waals surface area contributed by atoms with Crippen molar-refractivity contribution in [3.8, 4) is 0 Å². The summed E-state index contributed by atoms with van der Waals surface area (Å²) in [5.41, 5.74) is 6.84. The average molecular weight is 427 g/mol. The van der Waals surface area contributed by atoms with Gasteiger partial charge in [-0.05, 0) is 37.5 Å². The van der Waals surface area contributed by atoms with E-state index in [1.807, 2.05) is 0 Å². The predicted molar refractivity (Wildman–Crippen MR) is 111 cm³/mol. The molecule has 1 aliphatic heterocycles. The van der Waals surface area contributed by atoms with Crippen LogP contribution in [0.2, 0.25) is 0 Å². The summed E-state index contributed by atoms with van der Waals surface area (Å²) in [5, 5.41) is 2.79. The van der Waals surface area contributed by atoms with Gasteiger partial charge in [0.1, 0.15) is 11.6 Å². The first-order valence-electron chi connectivity index (χ1n) is 10.3. The van der Waals surface area contributed by atoms with Gasteiger partial charge in [0.2, 0.25) is 11.8 Å². The van der Waals surface area contributed by atoms with Crippen molar-refractivity contribution in [3.63, 3.8) is 0 Å². The number of nitrogens with zero attached hydrogens (tertiary/aromatic N) is 3. The zero-order valence-electron chi connectivity index (χ0n) is 17.4. The number of halogens is 1. The number of aryl methyl sites for hydroxylation is 1. The molecule has 0 saturated carbocycles. The summed E-state index contributed by atoms with van der Waals surface area (Å²) in [6.07, 6.45) is 3.31. The predicted octanol–water partition coefficient (Wildman–Crippen LogP) is 1.83. The molecule has 164 valence electrons. The monoisotopic (exact) mass is 427 g/mol. The molecule has 8 nitrogen and oxygen atoms in total. The number of nitrogens with one attached hydrogen (secondary N) is 1. The van der Waals surface area contributed by atoms with E-state index in [-0.39, 0.29) is 42.9 Å². The maximum atomic E-state index is 13.0. The number of carbonyl (C=O) groups is 3. The van der Waals surface area contributed by atoms with Gasteiger partial charge in [-0.3, -0.25) is 14.4 Å². The Labute approximate surface area is 180 Å². The number of likely N-dealkylation sites (tertiary alicyclic amines) is 1. The third kappa shape index (κ3) is 6.07. The molecule has 9 heteroatoms. The van der Waals surface area contributed by atoms with Crippen LogP contribution in [0.25, 0.3) is 0 Å². The molecule has 1 fully saturated rings. The largest absolute Gasteiger partial charge is 0.370 e. The molecule has 1 aliphatic rings. The summed E-state index contributed by atoms with van der Waals surface area (Å²) < 4.78 is 13.0. The van der Waals surface area contributed by atoms with Crippen LogP contribution in [0.4, 0.5) is 4.39 Å². The minimum absolute atomic E-state index is 0.0266. The molecule has 2 aromatic rings. The summed E-state index contributed by atoms with van der Waals surface area (Å²) in [6.45, 7) is 3.13. The number of piperidine rings is 1. The Kier molecular flexibility index (Phi) is 7.28. The van der Waals surface area contributed by atoms with E-state index in [0.717, 1.165) is 18.4 Å². The first-order chi connectivity index (χ1) is 14.8. The zero-order chi connectivity index (χ0) is 22.4. The molecule has 1 saturated heterocycles. The lowest BCUT2D eigenvalue weighted by Crippen LogP contribution is -2.40. The van der Waals surface area contributed by atoms with Crippen molar-refractivity contribution in [3.05, 3.63) is 58.9 Å². The molecular formula is C22H26FN5O3. The minimum Gasteiger partial charge on any atom is -0.370 e. The van der Waals surface area contributed by atoms with E-state index in [9.17, 15) is 18.8 Å². The second kappa shape index (κ2) is 10.1. The molecule has 31 heavy (non-hydrogen) atoms. The zero-order valence-corrected chi connectivity index (χ0v) is 17.4. The Balaban J connectivity index is 1.61. The van der Waals surface area contributed by atoms with Crippen molar-refractivity contribution in [1.82, 2.24) is 20.2 Å². The van der Waals surface area contributed by atoms with Crippen LogP contribution in [0, 0.1) is 12.7 Å². The number of rotatable bonds is 7. The van der Waals surface area contributed by atoms with Crippen LogP contribution in [0.3, 0.4) is 0 Å². The van der Waals surface area contributed by atoms with Gasteiger partial charge in [-0.1, -0.05) is 12.1 Å². The maximum Gasteiger partial charge on any atom is 0.254 e. The smallest absolute Gasteiger partial charge is 0.254 e. The maximum absolute atomic E-state index is 13.0. The van der Waals surface area contributed by atoms with E-state index >= 15 is 0 Å². The molecule has 1 atom stereocenters. The van der Waals surface area contributed by atoms with Crippen molar-refractivity contribution >= 4 is 17.7 Å². The molecule has 2 heterocycles. The lowest BCUT2D eigenvalue weighted by molar-refractivity contribution is -0.134. The first-order valence-corrected chi connectivity index (χ1v) is 10.3. The fourth-order valence-corrected chi connectivity index (χ4v) is 3.59. The number of aromatic nitrogens is 2. The molecule has 1 aromatic heterocycles. The molecule has 0 aliphatic carbocycles. The van der Waals surface area contributed by atoms with Crippen molar-refractivity contribution in [1.29, 1.82) is 0 Å². The quantitative estimate of drug-likeness (QED) is 0.699. The normalized spacial score (nSPS) is 16.1. The van der Waals surface area contributed by atoms with E-state index in [1.54, 1.807) is 24.0 Å². The number of hydrogen-bond donors (Lipinski definition) is 2. The van der Waals surface area contributed by atoms with Gasteiger partial charge >= 0.3 is 0 Å². The highest BCUT2D eigenvalue weighted by Gasteiger charge is 2.27. The Morgan fingerprint density at radius 1 is 1.23 bits per heavy atom. The number of primary amides is 1. The third-order valence-corrected chi connectivity index (χ3v) is 5.33. The summed E-state index contributed by atoms with van der Waals surface area (Å²) in [4.78, 5) is 46.4. The van der Waals surface area contributed by atoms with Crippen molar-refractivity contribution in [2.24, 2.45) is 5.73 Å². The van der Waals surface area contributed by atoms with Crippen molar-refractivity contribution in [2.45, 2.75) is 45.1 Å². The number of hydrogen-bond acceptors (Lipinski definition) is 5. The molecule has 0 spiro atoms. The SMILES string of the molecule is Cc1nc([C@H]2CCCN(C(=O)CCC(N)=O)C2)ncc1C(=O)NCc1ccc(F)cc1. The van der Waals surface area contributed by atoms with E-state index in [2.05, 4.69) is 15.3 Å². The van der Waals surface area contributed by atoms with Gasteiger partial charge in [-0.15, -0.1) is 0 Å². The summed E-state index contributed by atoms with van der Waals surface area (Å²) in [7, 11) is 0. The van der Waals surface area contributed by atoms with Gasteiger partial charge in [-0.25, -0.2) is 14.4 Å². The highest BCUT2D eigenvalue weighted by atomic mass is 19.1. The van der Waals surface area contributed by atoms with Crippen molar-refractivity contribution in [2.75, 3.05) is 13.1 Å². The first kappa shape index (κ1) is 22.3. The second-order valence-electron chi connectivity index (χ2n) is 7.68. The van der Waals surface area contributed by atoms with Crippen LogP contribution in [0.15, 0.2) is 30.5 Å². The fourth-order valence-electron chi connectivity index (χ4n) is 3.59. The van der Waals surface area contributed by atoms with Gasteiger partial charge in [-0.2, -0.15) is 0 Å². The van der Waals surface area contributed by atoms with Crippen molar-refractivity contribution < 1.29 is 18.8 Å². The minimum atomic E-state index is -0.492. The summed E-state index contributed by atoms with van der Waals surface area (Å²) in [5.74, 6) is -0.654. The van der Waals surface area contributed by atoms with E-state index in [4.69, 9.17) is 5.73 Å². The van der Waals surface area contributed by atoms with Gasteiger partial charge in [0.15, 0.2) is 0 Å². The van der Waals surface area contributed by atoms with E-state index < -0.39 is 5.91 Å². The average Bonchev–Trinajstić information content (AvgIpc) is 2.76. The van der Waals surface area contributed by atoms with Crippen LogP contribution in [0.5, 0.6) is 0 Å². The molecular weight excluding hydrogens is 401 g/mol. The Hall–Kier alpha value is -3.36. The molecule has 0 bridgehead atoms. The van der Waals surface area contributed by atoms with Crippen LogP contribution in [0.1, 0.15) is 59.0 Å². The standard InChI is InChI=1S/C22H26FN5O3/c1-14-18(22(31)26-11-15-4-6-17(23)7-5-15)12-25-21(27-14)16-3-2-10-28(13-16)20(30)9-8-19(24)29/h4-7,12,16H,2-3,8-11,13H2,1H3,(H2,24,29)(H,26,31)/t16-/m0/s1. The molecule has 3 amide bonds. The highest BCUT2D eigenvalue weighted by Crippen LogP contribution is 2.25. The van der Waals surface area contributed by atoms with E-state index in [1.165, 1.54) is 18.3 Å². The van der Waals surface area contributed by atoms with E-state index in [0.29, 0.717) is 30.2 Å². The lowest BCUT2D eigenvalue weighted by atomic mass is 9.96. The molecule has 3 rings (SSSR count). The van der Waals surface area contributed by atoms with Crippen LogP contribution >= 0.6 is 0 Å². The third-order valence-electron chi connectivity index (χ3n) is 5.33. The summed E-state index contributed by atoms with van der Waals surface area (Å²) in [6, 6.07) is 5.91. The fraction of sp³-hybridized carbons (Fsp3) is 0.409. The van der Waals surface area contributed by atoms with Gasteiger partial charge in [0.25, 0.3) is 5.91 Å². The van der Waals surface area contributed by atoms with Crippen LogP contribution in [-0.4, -0.2) is 45.7 Å². The number of amides is 3.